The molecule has 0 atom stereocenters. The summed E-state index contributed by atoms with van der Waals surface area (Å²) in [7, 11) is 0. The number of hydrogen-bond acceptors (Lipinski definition) is 3. The van der Waals surface area contributed by atoms with Gasteiger partial charge >= 0.3 is 0 Å². The molecule has 0 saturated carbocycles. The van der Waals surface area contributed by atoms with Crippen LogP contribution < -0.4 is 10.1 Å². The number of nitrogens with one attached hydrogen (secondary N) is 1. The molecule has 2 rings (SSSR count). The molecule has 1 heterocycles. The van der Waals surface area contributed by atoms with Crippen LogP contribution in [0.2, 0.25) is 0 Å². The highest BCUT2D eigenvalue weighted by Gasteiger charge is 2.11. The van der Waals surface area contributed by atoms with Gasteiger partial charge in [0.15, 0.2) is 0 Å². The maximum atomic E-state index is 5.67. The molecule has 19 heavy (non-hydrogen) atoms. The number of halogens is 1. The molecule has 0 bridgehead atoms. The molecule has 1 aromatic carbocycles. The number of piperazine rings is 1. The molecule has 0 spiro atoms. The predicted octanol–water partition coefficient (Wildman–Crippen LogP) is 2.81. The molecule has 0 amide bonds. The van der Waals surface area contributed by atoms with Gasteiger partial charge in [-0.3, -0.25) is 4.90 Å². The number of nitrogens with zero attached hydrogens (tertiary/aromatic N) is 1. The van der Waals surface area contributed by atoms with Crippen molar-refractivity contribution in [3.05, 3.63) is 40.4 Å². The van der Waals surface area contributed by atoms with Crippen molar-refractivity contribution in [3.63, 3.8) is 0 Å². The number of rotatable bonds is 5. The summed E-state index contributed by atoms with van der Waals surface area (Å²) < 4.78 is 6.69. The molecule has 104 valence electrons. The van der Waals surface area contributed by atoms with Crippen molar-refractivity contribution in [2.45, 2.75) is 13.5 Å². The lowest BCUT2D eigenvalue weighted by Crippen LogP contribution is -2.42. The summed E-state index contributed by atoms with van der Waals surface area (Å²) in [6.07, 6.45) is 0. The Labute approximate surface area is 123 Å². The monoisotopic (exact) mass is 324 g/mol. The fourth-order valence-corrected chi connectivity index (χ4v) is 2.63. The van der Waals surface area contributed by atoms with Gasteiger partial charge in [0, 0.05) is 32.7 Å². The zero-order valence-electron chi connectivity index (χ0n) is 11.4. The smallest absolute Gasteiger partial charge is 0.133 e. The van der Waals surface area contributed by atoms with Gasteiger partial charge in [0.25, 0.3) is 0 Å². The minimum atomic E-state index is 0.565. The molecule has 0 radical (unpaired) electrons. The van der Waals surface area contributed by atoms with Crippen LogP contribution >= 0.6 is 15.9 Å². The van der Waals surface area contributed by atoms with Crippen molar-refractivity contribution in [3.8, 4) is 5.75 Å². The van der Waals surface area contributed by atoms with Crippen molar-refractivity contribution in [1.29, 1.82) is 0 Å². The van der Waals surface area contributed by atoms with Gasteiger partial charge in [-0.15, -0.1) is 0 Å². The summed E-state index contributed by atoms with van der Waals surface area (Å²) in [4.78, 5) is 2.46. The Morgan fingerprint density at radius 3 is 2.79 bits per heavy atom. The van der Waals surface area contributed by atoms with Crippen LogP contribution in [0.25, 0.3) is 0 Å². The number of benzene rings is 1. The standard InChI is InChI=1S/C15H21BrN2O/c1-12(2)11-19-15-4-3-13(9-14(15)16)10-18-7-5-17-6-8-18/h3-4,9,17H,1,5-8,10-11H2,2H3. The molecule has 1 aromatic rings. The molecule has 1 fully saturated rings. The molecule has 3 nitrogen and oxygen atoms in total. The van der Waals surface area contributed by atoms with Gasteiger partial charge in [-0.25, -0.2) is 0 Å². The van der Waals surface area contributed by atoms with Gasteiger partial charge in [0.2, 0.25) is 0 Å². The van der Waals surface area contributed by atoms with Crippen LogP contribution in [0, 0.1) is 0 Å². The van der Waals surface area contributed by atoms with Crippen molar-refractivity contribution >= 4 is 15.9 Å². The fraction of sp³-hybridized carbons (Fsp3) is 0.467. The van der Waals surface area contributed by atoms with Gasteiger partial charge in [-0.2, -0.15) is 0 Å². The van der Waals surface area contributed by atoms with Crippen LogP contribution in [0.3, 0.4) is 0 Å². The van der Waals surface area contributed by atoms with Gasteiger partial charge in [-0.05, 0) is 46.1 Å². The largest absolute Gasteiger partial charge is 0.488 e. The van der Waals surface area contributed by atoms with Crippen molar-refractivity contribution in [1.82, 2.24) is 10.2 Å². The second-order valence-corrected chi connectivity index (χ2v) is 5.89. The third-order valence-corrected chi connectivity index (χ3v) is 3.71. The van der Waals surface area contributed by atoms with E-state index >= 15 is 0 Å². The average Bonchev–Trinajstić information content (AvgIpc) is 2.39. The summed E-state index contributed by atoms with van der Waals surface area (Å²) in [5.74, 6) is 0.882. The quantitative estimate of drug-likeness (QED) is 0.843. The zero-order chi connectivity index (χ0) is 13.7. The molecule has 1 N–H and O–H groups in total. The molecule has 1 saturated heterocycles. The fourth-order valence-electron chi connectivity index (χ4n) is 2.09. The van der Waals surface area contributed by atoms with Crippen LogP contribution in [-0.2, 0) is 6.54 Å². The highest BCUT2D eigenvalue weighted by molar-refractivity contribution is 9.10. The van der Waals surface area contributed by atoms with Crippen LogP contribution in [0.4, 0.5) is 0 Å². The molecule has 4 heteroatoms. The minimum absolute atomic E-state index is 0.565. The summed E-state index contributed by atoms with van der Waals surface area (Å²) in [5, 5.41) is 3.37. The second kappa shape index (κ2) is 7.08. The van der Waals surface area contributed by atoms with Gasteiger partial charge in [0.1, 0.15) is 12.4 Å². The second-order valence-electron chi connectivity index (χ2n) is 5.04. The molecule has 1 aliphatic rings. The Balaban J connectivity index is 1.95. The highest BCUT2D eigenvalue weighted by Crippen LogP contribution is 2.27. The number of ether oxygens (including phenoxy) is 1. The summed E-state index contributed by atoms with van der Waals surface area (Å²) in [6.45, 7) is 11.8. The van der Waals surface area contributed by atoms with E-state index in [0.717, 1.165) is 48.5 Å². The Bertz CT molecular complexity index is 442. The summed E-state index contributed by atoms with van der Waals surface area (Å²) >= 11 is 3.58. The molecular formula is C15H21BrN2O. The summed E-state index contributed by atoms with van der Waals surface area (Å²) in [6, 6.07) is 6.32. The van der Waals surface area contributed by atoms with Crippen LogP contribution in [0.5, 0.6) is 5.75 Å². The SMILES string of the molecule is C=C(C)COc1ccc(CN2CCNCC2)cc1Br. The first-order valence-electron chi connectivity index (χ1n) is 6.64. The highest BCUT2D eigenvalue weighted by atomic mass is 79.9. The molecule has 0 aromatic heterocycles. The first kappa shape index (κ1) is 14.6. The van der Waals surface area contributed by atoms with E-state index < -0.39 is 0 Å². The van der Waals surface area contributed by atoms with E-state index in [4.69, 9.17) is 4.74 Å². The Morgan fingerprint density at radius 2 is 2.16 bits per heavy atom. The van der Waals surface area contributed by atoms with E-state index in [1.54, 1.807) is 0 Å². The van der Waals surface area contributed by atoms with E-state index in [0.29, 0.717) is 6.61 Å². The first-order chi connectivity index (χ1) is 9.15. The maximum Gasteiger partial charge on any atom is 0.133 e. The van der Waals surface area contributed by atoms with Crippen LogP contribution in [0.1, 0.15) is 12.5 Å². The molecule has 1 aliphatic heterocycles. The van der Waals surface area contributed by atoms with Crippen LogP contribution in [0.15, 0.2) is 34.8 Å². The van der Waals surface area contributed by atoms with Crippen LogP contribution in [-0.4, -0.2) is 37.7 Å². The number of hydrogen-bond donors (Lipinski definition) is 1. The zero-order valence-corrected chi connectivity index (χ0v) is 13.0. The first-order valence-corrected chi connectivity index (χ1v) is 7.43. The normalized spacial score (nSPS) is 16.3. The minimum Gasteiger partial charge on any atom is -0.488 e. The lowest BCUT2D eigenvalue weighted by Gasteiger charge is -2.27. The molecular weight excluding hydrogens is 304 g/mol. The Hall–Kier alpha value is -0.840. The van der Waals surface area contributed by atoms with E-state index in [1.165, 1.54) is 5.56 Å². The summed E-state index contributed by atoms with van der Waals surface area (Å²) in [5.41, 5.74) is 2.34. The maximum absolute atomic E-state index is 5.67. The van der Waals surface area contributed by atoms with E-state index in [2.05, 4.69) is 44.9 Å². The van der Waals surface area contributed by atoms with E-state index in [9.17, 15) is 0 Å². The Kier molecular flexibility index (Phi) is 5.43. The Morgan fingerprint density at radius 1 is 1.42 bits per heavy atom. The third kappa shape index (κ3) is 4.64. The van der Waals surface area contributed by atoms with Gasteiger partial charge in [0.05, 0.1) is 4.47 Å². The lowest BCUT2D eigenvalue weighted by atomic mass is 10.2. The predicted molar refractivity (Wildman–Crippen MR) is 82.6 cm³/mol. The van der Waals surface area contributed by atoms with E-state index in [-0.39, 0.29) is 0 Å². The van der Waals surface area contributed by atoms with Crippen molar-refractivity contribution in [2.24, 2.45) is 0 Å². The molecule has 0 unspecified atom stereocenters. The lowest BCUT2D eigenvalue weighted by molar-refractivity contribution is 0.233. The van der Waals surface area contributed by atoms with Gasteiger partial charge < -0.3 is 10.1 Å². The van der Waals surface area contributed by atoms with Gasteiger partial charge in [-0.1, -0.05) is 12.6 Å². The van der Waals surface area contributed by atoms with Crippen molar-refractivity contribution < 1.29 is 4.74 Å². The third-order valence-electron chi connectivity index (χ3n) is 3.09. The van der Waals surface area contributed by atoms with E-state index in [1.807, 2.05) is 13.0 Å². The molecule has 0 aliphatic carbocycles. The topological polar surface area (TPSA) is 24.5 Å². The van der Waals surface area contributed by atoms with Crippen molar-refractivity contribution in [2.75, 3.05) is 32.8 Å². The average molecular weight is 325 g/mol.